The molecule has 0 spiro atoms. The number of carbonyl (C=O) groups excluding carboxylic acids is 1. The Morgan fingerprint density at radius 1 is 1.67 bits per heavy atom. The Balaban J connectivity index is 1.92. The Hall–Kier alpha value is -1.53. The Morgan fingerprint density at radius 3 is 3.19 bits per heavy atom. The molecule has 0 bridgehead atoms. The van der Waals surface area contributed by atoms with Gasteiger partial charge in [0, 0.05) is 25.6 Å². The van der Waals surface area contributed by atoms with Crippen molar-refractivity contribution in [3.8, 4) is 0 Å². The smallest absolute Gasteiger partial charge is 0.263 e. The van der Waals surface area contributed by atoms with Crippen molar-refractivity contribution in [2.75, 3.05) is 30.7 Å². The Bertz CT molecular complexity index is 501. The van der Waals surface area contributed by atoms with Crippen LogP contribution >= 0.6 is 11.3 Å². The summed E-state index contributed by atoms with van der Waals surface area (Å²) in [4.78, 5) is 12.5. The zero-order valence-corrected chi connectivity index (χ0v) is 13.2. The number of rotatable bonds is 7. The second-order valence-corrected chi connectivity index (χ2v) is 6.19. The number of nitrogens with one attached hydrogen (secondary N) is 2. The lowest BCUT2D eigenvalue weighted by atomic mass is 10.00. The molecule has 2 rings (SSSR count). The zero-order chi connectivity index (χ0) is 15.2. The minimum Gasteiger partial charge on any atom is -0.397 e. The summed E-state index contributed by atoms with van der Waals surface area (Å²) in [6.07, 6.45) is 4.10. The second kappa shape index (κ2) is 7.47. The zero-order valence-electron chi connectivity index (χ0n) is 12.4. The van der Waals surface area contributed by atoms with Crippen LogP contribution in [0.15, 0.2) is 18.7 Å². The first kappa shape index (κ1) is 15.9. The molecule has 2 atom stereocenters. The molecule has 1 amide bonds. The van der Waals surface area contributed by atoms with E-state index in [-0.39, 0.29) is 5.91 Å². The van der Waals surface area contributed by atoms with Gasteiger partial charge in [0.1, 0.15) is 4.88 Å². The maximum atomic E-state index is 11.9. The van der Waals surface area contributed by atoms with E-state index in [4.69, 9.17) is 10.5 Å². The van der Waals surface area contributed by atoms with Crippen molar-refractivity contribution in [1.82, 2.24) is 5.32 Å². The van der Waals surface area contributed by atoms with E-state index in [0.717, 1.165) is 31.0 Å². The summed E-state index contributed by atoms with van der Waals surface area (Å²) in [6.45, 7) is 7.86. The van der Waals surface area contributed by atoms with Crippen molar-refractivity contribution in [3.05, 3.63) is 23.6 Å². The molecule has 4 N–H and O–H groups in total. The minimum atomic E-state index is -0.152. The number of ether oxygens (including phenoxy) is 1. The Morgan fingerprint density at radius 2 is 2.48 bits per heavy atom. The maximum absolute atomic E-state index is 11.9. The van der Waals surface area contributed by atoms with Gasteiger partial charge in [-0.1, -0.05) is 13.0 Å². The predicted molar refractivity (Wildman–Crippen MR) is 87.9 cm³/mol. The summed E-state index contributed by atoms with van der Waals surface area (Å²) in [5, 5.41) is 7.05. The van der Waals surface area contributed by atoms with Gasteiger partial charge in [0.15, 0.2) is 0 Å². The monoisotopic (exact) mass is 309 g/mol. The van der Waals surface area contributed by atoms with Gasteiger partial charge >= 0.3 is 0 Å². The number of thiophene rings is 1. The van der Waals surface area contributed by atoms with Crippen LogP contribution in [0, 0.1) is 5.92 Å². The lowest BCUT2D eigenvalue weighted by Crippen LogP contribution is -2.23. The third-order valence-electron chi connectivity index (χ3n) is 3.66. The molecular weight excluding hydrogens is 286 g/mol. The van der Waals surface area contributed by atoms with Crippen LogP contribution in [-0.4, -0.2) is 31.7 Å². The van der Waals surface area contributed by atoms with E-state index in [0.29, 0.717) is 29.1 Å². The van der Waals surface area contributed by atoms with Gasteiger partial charge in [0.05, 0.1) is 16.8 Å². The van der Waals surface area contributed by atoms with Gasteiger partial charge in [-0.3, -0.25) is 4.79 Å². The quantitative estimate of drug-likeness (QED) is 0.676. The van der Waals surface area contributed by atoms with Crippen molar-refractivity contribution >= 4 is 27.9 Å². The van der Waals surface area contributed by atoms with Crippen molar-refractivity contribution < 1.29 is 9.53 Å². The largest absolute Gasteiger partial charge is 0.397 e. The first-order valence-electron chi connectivity index (χ1n) is 7.29. The van der Waals surface area contributed by atoms with Crippen LogP contribution in [0.1, 0.15) is 29.4 Å². The third-order valence-corrected chi connectivity index (χ3v) is 4.77. The fourth-order valence-electron chi connectivity index (χ4n) is 2.52. The topological polar surface area (TPSA) is 76.4 Å². The molecule has 1 aromatic rings. The molecule has 0 radical (unpaired) electrons. The van der Waals surface area contributed by atoms with E-state index in [9.17, 15) is 4.79 Å². The molecule has 6 heteroatoms. The van der Waals surface area contributed by atoms with Crippen molar-refractivity contribution in [2.24, 2.45) is 5.92 Å². The summed E-state index contributed by atoms with van der Waals surface area (Å²) < 4.78 is 5.68. The van der Waals surface area contributed by atoms with Crippen molar-refractivity contribution in [2.45, 2.75) is 25.9 Å². The third kappa shape index (κ3) is 3.98. The highest BCUT2D eigenvalue weighted by atomic mass is 32.1. The highest BCUT2D eigenvalue weighted by molar-refractivity contribution is 7.18. The van der Waals surface area contributed by atoms with E-state index >= 15 is 0 Å². The lowest BCUT2D eigenvalue weighted by Gasteiger charge is -2.17. The van der Waals surface area contributed by atoms with Crippen LogP contribution in [-0.2, 0) is 4.74 Å². The van der Waals surface area contributed by atoms with Crippen LogP contribution in [0.4, 0.5) is 10.7 Å². The standard InChI is InChI=1S/C15H23N3O2S/c1-3-6-17-15(19)14-11(16)8-13(21-14)18-9-10-5-7-20-12(10)4-2/h3,8,10,12,18H,1,4-7,9,16H2,2H3,(H,17,19). The number of nitrogens with two attached hydrogens (primary N) is 1. The van der Waals surface area contributed by atoms with Crippen molar-refractivity contribution in [1.29, 1.82) is 0 Å². The van der Waals surface area contributed by atoms with E-state index in [2.05, 4.69) is 24.1 Å². The fraction of sp³-hybridized carbons (Fsp3) is 0.533. The van der Waals surface area contributed by atoms with Crippen LogP contribution < -0.4 is 16.4 Å². The Labute approximate surface area is 129 Å². The normalized spacial score (nSPS) is 21.2. The molecule has 0 aromatic carbocycles. The molecule has 2 heterocycles. The number of anilines is 2. The highest BCUT2D eigenvalue weighted by Gasteiger charge is 2.26. The molecule has 1 aliphatic rings. The molecule has 1 fully saturated rings. The number of carbonyl (C=O) groups is 1. The molecule has 1 saturated heterocycles. The molecule has 1 aliphatic heterocycles. The molecule has 0 saturated carbocycles. The van der Waals surface area contributed by atoms with Gasteiger partial charge in [-0.2, -0.15) is 0 Å². The molecule has 5 nitrogen and oxygen atoms in total. The van der Waals surface area contributed by atoms with Crippen LogP contribution in [0.3, 0.4) is 0 Å². The number of amides is 1. The van der Waals surface area contributed by atoms with E-state index in [1.54, 1.807) is 6.08 Å². The maximum Gasteiger partial charge on any atom is 0.263 e. The summed E-state index contributed by atoms with van der Waals surface area (Å²) in [5.74, 6) is 0.373. The first-order chi connectivity index (χ1) is 10.2. The van der Waals surface area contributed by atoms with Gasteiger partial charge in [0.25, 0.3) is 5.91 Å². The van der Waals surface area contributed by atoms with Gasteiger partial charge in [0.2, 0.25) is 0 Å². The van der Waals surface area contributed by atoms with Gasteiger partial charge in [-0.25, -0.2) is 0 Å². The molecule has 21 heavy (non-hydrogen) atoms. The van der Waals surface area contributed by atoms with Gasteiger partial charge in [-0.05, 0) is 18.9 Å². The SMILES string of the molecule is C=CCNC(=O)c1sc(NCC2CCOC2CC)cc1N. The van der Waals surface area contributed by atoms with E-state index in [1.807, 2.05) is 6.07 Å². The average Bonchev–Trinajstić information content (AvgIpc) is 3.08. The molecule has 2 unspecified atom stereocenters. The van der Waals surface area contributed by atoms with E-state index < -0.39 is 0 Å². The number of hydrogen-bond donors (Lipinski definition) is 3. The van der Waals surface area contributed by atoms with Crippen LogP contribution in [0.25, 0.3) is 0 Å². The molecular formula is C15H23N3O2S. The minimum absolute atomic E-state index is 0.152. The van der Waals surface area contributed by atoms with Crippen LogP contribution in [0.5, 0.6) is 0 Å². The number of nitrogen functional groups attached to an aromatic ring is 1. The summed E-state index contributed by atoms with van der Waals surface area (Å²) in [6, 6.07) is 1.82. The predicted octanol–water partition coefficient (Wildman–Crippen LogP) is 2.47. The Kier molecular flexibility index (Phi) is 5.64. The lowest BCUT2D eigenvalue weighted by molar-refractivity contribution is 0.0900. The highest BCUT2D eigenvalue weighted by Crippen LogP contribution is 2.30. The summed E-state index contributed by atoms with van der Waals surface area (Å²) >= 11 is 1.39. The second-order valence-electron chi connectivity index (χ2n) is 5.14. The molecule has 116 valence electrons. The fourth-order valence-corrected chi connectivity index (χ4v) is 3.43. The molecule has 1 aromatic heterocycles. The summed E-state index contributed by atoms with van der Waals surface area (Å²) in [5.41, 5.74) is 6.42. The molecule has 0 aliphatic carbocycles. The van der Waals surface area contributed by atoms with E-state index in [1.165, 1.54) is 11.3 Å². The van der Waals surface area contributed by atoms with Gasteiger partial charge in [-0.15, -0.1) is 17.9 Å². The average molecular weight is 309 g/mol. The first-order valence-corrected chi connectivity index (χ1v) is 8.11. The van der Waals surface area contributed by atoms with Crippen molar-refractivity contribution in [3.63, 3.8) is 0 Å². The number of hydrogen-bond acceptors (Lipinski definition) is 5. The summed E-state index contributed by atoms with van der Waals surface area (Å²) in [7, 11) is 0. The van der Waals surface area contributed by atoms with Crippen LogP contribution in [0.2, 0.25) is 0 Å². The van der Waals surface area contributed by atoms with Gasteiger partial charge < -0.3 is 21.1 Å².